The lowest BCUT2D eigenvalue weighted by Crippen LogP contribution is -2.38. The van der Waals surface area contributed by atoms with Crippen molar-refractivity contribution in [1.29, 1.82) is 5.26 Å². The highest BCUT2D eigenvalue weighted by atomic mass is 32.2. The quantitative estimate of drug-likeness (QED) is 0.457. The first-order chi connectivity index (χ1) is 16.2. The molecule has 178 valence electrons. The smallest absolute Gasteiger partial charge is 0.384 e. The summed E-state index contributed by atoms with van der Waals surface area (Å²) in [5.74, 6) is 0.221. The van der Waals surface area contributed by atoms with Crippen molar-refractivity contribution in [2.75, 3.05) is 10.7 Å². The number of halogens is 3. The molecule has 0 bridgehead atoms. The number of hydrogen-bond donors (Lipinski definition) is 1. The number of ketones is 1. The van der Waals surface area contributed by atoms with E-state index in [0.29, 0.717) is 30.5 Å². The van der Waals surface area contributed by atoms with E-state index < -0.39 is 17.7 Å². The molecule has 34 heavy (non-hydrogen) atoms. The summed E-state index contributed by atoms with van der Waals surface area (Å²) in [6.45, 7) is 4.10. The van der Waals surface area contributed by atoms with Crippen LogP contribution in [0.5, 0.6) is 0 Å². The zero-order chi connectivity index (χ0) is 24.6. The molecule has 0 unspecified atom stereocenters. The van der Waals surface area contributed by atoms with Crippen LogP contribution in [-0.2, 0) is 17.4 Å². The lowest BCUT2D eigenvalue weighted by atomic mass is 9.76. The van der Waals surface area contributed by atoms with Crippen molar-refractivity contribution in [2.45, 2.75) is 55.8 Å². The van der Waals surface area contributed by atoms with Gasteiger partial charge in [0, 0.05) is 28.3 Å². The average Bonchev–Trinajstić information content (AvgIpc) is 3.21. The maximum atomic E-state index is 13.4. The lowest BCUT2D eigenvalue weighted by Gasteiger charge is -2.39. The van der Waals surface area contributed by atoms with Crippen LogP contribution in [0.25, 0.3) is 0 Å². The Kier molecular flexibility index (Phi) is 6.83. The largest absolute Gasteiger partial charge is 0.416 e. The number of rotatable bonds is 5. The Morgan fingerprint density at radius 1 is 1.26 bits per heavy atom. The molecule has 4 nitrogen and oxygen atoms in total. The first-order valence-electron chi connectivity index (χ1n) is 11.1. The van der Waals surface area contributed by atoms with Crippen LogP contribution in [0.2, 0.25) is 0 Å². The molecule has 4 rings (SSSR count). The van der Waals surface area contributed by atoms with Crippen LogP contribution in [-0.4, -0.2) is 11.5 Å². The van der Waals surface area contributed by atoms with E-state index in [1.54, 1.807) is 23.1 Å². The molecule has 0 saturated carbocycles. The number of nitrogens with zero attached hydrogens (tertiary/aromatic N) is 2. The van der Waals surface area contributed by atoms with E-state index in [4.69, 9.17) is 5.73 Å². The van der Waals surface area contributed by atoms with Crippen molar-refractivity contribution in [2.24, 2.45) is 5.73 Å². The highest BCUT2D eigenvalue weighted by Gasteiger charge is 2.42. The van der Waals surface area contributed by atoms with Gasteiger partial charge in [-0.3, -0.25) is 9.69 Å². The third-order valence-corrected chi connectivity index (χ3v) is 8.54. The molecule has 2 N–H and O–H groups in total. The van der Waals surface area contributed by atoms with Gasteiger partial charge in [-0.05, 0) is 54.8 Å². The number of aryl methyl sites for hydroxylation is 1. The summed E-state index contributed by atoms with van der Waals surface area (Å²) < 4.78 is 41.3. The molecule has 2 aromatic rings. The minimum Gasteiger partial charge on any atom is -0.384 e. The first-order valence-corrected chi connectivity index (χ1v) is 12.9. The topological polar surface area (TPSA) is 70.1 Å². The number of carbonyl (C=O) groups excluding carboxylic acids is 1. The minimum atomic E-state index is -4.52. The number of alkyl halides is 3. The molecule has 2 heterocycles. The SMILES string of the molecule is CCSc1sc(CC)cc1[C@@H]1C(C#N)=C(N)N(c2cccc(C(F)(F)F)c2)C2=C1C(=O)CCC2. The van der Waals surface area contributed by atoms with Crippen LogP contribution < -0.4 is 10.6 Å². The maximum Gasteiger partial charge on any atom is 0.416 e. The van der Waals surface area contributed by atoms with E-state index in [1.807, 2.05) is 13.0 Å². The molecule has 2 aliphatic rings. The number of anilines is 1. The normalized spacial score (nSPS) is 18.9. The summed E-state index contributed by atoms with van der Waals surface area (Å²) in [6, 6.07) is 9.10. The molecule has 1 atom stereocenters. The number of nitrogens with two attached hydrogens (primary N) is 1. The van der Waals surface area contributed by atoms with E-state index >= 15 is 0 Å². The Morgan fingerprint density at radius 2 is 2.03 bits per heavy atom. The van der Waals surface area contributed by atoms with Crippen LogP contribution in [0, 0.1) is 11.3 Å². The number of benzene rings is 1. The van der Waals surface area contributed by atoms with Gasteiger partial charge in [-0.15, -0.1) is 23.1 Å². The lowest BCUT2D eigenvalue weighted by molar-refractivity contribution is -0.137. The van der Waals surface area contributed by atoms with Gasteiger partial charge in [-0.1, -0.05) is 19.9 Å². The molecule has 0 radical (unpaired) electrons. The van der Waals surface area contributed by atoms with Crippen LogP contribution in [0.1, 0.15) is 55.0 Å². The number of thioether (sulfide) groups is 1. The van der Waals surface area contributed by atoms with Gasteiger partial charge in [0.2, 0.25) is 0 Å². The molecular formula is C25H24F3N3OS2. The number of Topliss-reactive ketones (excluding diaryl/α,β-unsaturated/α-hetero) is 1. The van der Waals surface area contributed by atoms with E-state index in [2.05, 4.69) is 13.0 Å². The fourth-order valence-corrected chi connectivity index (χ4v) is 6.95. The number of carbonyl (C=O) groups is 1. The van der Waals surface area contributed by atoms with Gasteiger partial charge in [-0.25, -0.2) is 0 Å². The van der Waals surface area contributed by atoms with Gasteiger partial charge < -0.3 is 5.73 Å². The predicted octanol–water partition coefficient (Wildman–Crippen LogP) is 6.75. The third kappa shape index (κ3) is 4.25. The van der Waals surface area contributed by atoms with Crippen molar-refractivity contribution >= 4 is 34.6 Å². The number of hydrogen-bond acceptors (Lipinski definition) is 6. The molecule has 1 aromatic carbocycles. The molecule has 0 fully saturated rings. The van der Waals surface area contributed by atoms with Crippen molar-refractivity contribution in [3.63, 3.8) is 0 Å². The molecule has 1 aliphatic heterocycles. The maximum absolute atomic E-state index is 13.4. The summed E-state index contributed by atoms with van der Waals surface area (Å²) in [4.78, 5) is 15.9. The summed E-state index contributed by atoms with van der Waals surface area (Å²) in [5, 5.41) is 10.2. The average molecular weight is 504 g/mol. The van der Waals surface area contributed by atoms with Crippen molar-refractivity contribution in [3.8, 4) is 6.07 Å². The van der Waals surface area contributed by atoms with Gasteiger partial charge >= 0.3 is 6.18 Å². The van der Waals surface area contributed by atoms with Crippen LogP contribution in [0.4, 0.5) is 18.9 Å². The fraction of sp³-hybridized carbons (Fsp3) is 0.360. The van der Waals surface area contributed by atoms with Gasteiger partial charge in [0.05, 0.1) is 27.3 Å². The zero-order valence-corrected chi connectivity index (χ0v) is 20.5. The summed E-state index contributed by atoms with van der Waals surface area (Å²) in [7, 11) is 0. The Hall–Kier alpha value is -2.70. The Morgan fingerprint density at radius 3 is 2.68 bits per heavy atom. The standard InChI is InChI=1S/C25H24F3N3OS2/c1-3-16-12-17(24(34-16)33-4-2)21-18(13-29)23(30)31(19-9-6-10-20(32)22(19)21)15-8-5-7-14(11-15)25(26,27)28/h5,7-8,11-12,21H,3-4,6,9-10,30H2,1-2H3/t21-/m1/s1. The second kappa shape index (κ2) is 9.51. The zero-order valence-electron chi connectivity index (χ0n) is 18.8. The Labute approximate surface area is 204 Å². The highest BCUT2D eigenvalue weighted by molar-refractivity contribution is 8.01. The van der Waals surface area contributed by atoms with Crippen molar-refractivity contribution in [3.05, 3.63) is 69.0 Å². The van der Waals surface area contributed by atoms with Gasteiger partial charge in [0.1, 0.15) is 5.82 Å². The summed E-state index contributed by atoms with van der Waals surface area (Å²) in [5.41, 5.74) is 8.07. The second-order valence-corrected chi connectivity index (χ2v) is 10.8. The van der Waals surface area contributed by atoms with Crippen LogP contribution >= 0.6 is 23.1 Å². The summed E-state index contributed by atoms with van der Waals surface area (Å²) in [6.07, 6.45) is -2.29. The predicted molar refractivity (Wildman–Crippen MR) is 129 cm³/mol. The Bertz CT molecular complexity index is 1240. The highest BCUT2D eigenvalue weighted by Crippen LogP contribution is 2.50. The first kappa shape index (κ1) is 24.4. The van der Waals surface area contributed by atoms with Crippen LogP contribution in [0.3, 0.4) is 0 Å². The minimum absolute atomic E-state index is 0.0805. The second-order valence-electron chi connectivity index (χ2n) is 8.11. The molecular weight excluding hydrogens is 479 g/mol. The molecule has 1 aromatic heterocycles. The van der Waals surface area contributed by atoms with E-state index in [9.17, 15) is 23.2 Å². The van der Waals surface area contributed by atoms with Gasteiger partial charge in [0.25, 0.3) is 0 Å². The molecule has 0 spiro atoms. The number of nitriles is 1. The number of allylic oxidation sites excluding steroid dienone is 3. The van der Waals surface area contributed by atoms with E-state index in [1.165, 1.54) is 17.0 Å². The monoisotopic (exact) mass is 503 g/mol. The summed E-state index contributed by atoms with van der Waals surface area (Å²) >= 11 is 3.31. The molecule has 9 heteroatoms. The van der Waals surface area contributed by atoms with E-state index in [-0.39, 0.29) is 22.9 Å². The van der Waals surface area contributed by atoms with E-state index in [0.717, 1.165) is 39.0 Å². The van der Waals surface area contributed by atoms with Crippen molar-refractivity contribution in [1.82, 2.24) is 0 Å². The van der Waals surface area contributed by atoms with Crippen LogP contribution in [0.15, 0.2) is 57.2 Å². The third-order valence-electron chi connectivity index (χ3n) is 6.06. The molecule has 1 aliphatic carbocycles. The Balaban J connectivity index is 1.96. The van der Waals surface area contributed by atoms with Gasteiger partial charge in [-0.2, -0.15) is 18.4 Å². The van der Waals surface area contributed by atoms with Gasteiger partial charge in [0.15, 0.2) is 5.78 Å². The number of thiophene rings is 1. The van der Waals surface area contributed by atoms with Crippen molar-refractivity contribution < 1.29 is 18.0 Å². The molecule has 0 amide bonds. The fourth-order valence-electron chi connectivity index (χ4n) is 4.57. The molecule has 0 saturated heterocycles.